The largest absolute Gasteiger partial charge is 0.451 e. The van der Waals surface area contributed by atoms with E-state index >= 15 is 0 Å². The van der Waals surface area contributed by atoms with Gasteiger partial charge in [0.05, 0.1) is 0 Å². The molecular formula is C22H23N3O5. The Balaban J connectivity index is 1.96. The van der Waals surface area contributed by atoms with Gasteiger partial charge in [0.1, 0.15) is 5.70 Å². The van der Waals surface area contributed by atoms with Gasteiger partial charge in [-0.1, -0.05) is 30.3 Å². The molecule has 2 aromatic carbocycles. The van der Waals surface area contributed by atoms with Crippen molar-refractivity contribution in [2.45, 2.75) is 6.92 Å². The van der Waals surface area contributed by atoms with Crippen molar-refractivity contribution in [1.29, 1.82) is 0 Å². The molecule has 0 aliphatic rings. The molecule has 0 heterocycles. The highest BCUT2D eigenvalue weighted by Crippen LogP contribution is 2.11. The van der Waals surface area contributed by atoms with E-state index in [4.69, 9.17) is 4.74 Å². The molecule has 30 heavy (non-hydrogen) atoms. The molecule has 0 aliphatic carbocycles. The number of amides is 3. The fraction of sp³-hybridized carbons (Fsp3) is 0.182. The van der Waals surface area contributed by atoms with Gasteiger partial charge >= 0.3 is 5.97 Å². The van der Waals surface area contributed by atoms with Crippen LogP contribution in [0.4, 0.5) is 5.69 Å². The summed E-state index contributed by atoms with van der Waals surface area (Å²) >= 11 is 0. The van der Waals surface area contributed by atoms with Gasteiger partial charge < -0.3 is 20.3 Å². The number of rotatable bonds is 7. The molecule has 0 saturated carbocycles. The maximum atomic E-state index is 12.3. The van der Waals surface area contributed by atoms with Crippen molar-refractivity contribution in [1.82, 2.24) is 10.2 Å². The van der Waals surface area contributed by atoms with Crippen LogP contribution >= 0.6 is 0 Å². The molecule has 2 aromatic rings. The monoisotopic (exact) mass is 409 g/mol. The number of nitrogens with one attached hydrogen (secondary N) is 2. The predicted molar refractivity (Wildman–Crippen MR) is 112 cm³/mol. The highest BCUT2D eigenvalue weighted by atomic mass is 16.5. The quantitative estimate of drug-likeness (QED) is 0.538. The minimum Gasteiger partial charge on any atom is -0.451 e. The highest BCUT2D eigenvalue weighted by Gasteiger charge is 2.15. The zero-order valence-corrected chi connectivity index (χ0v) is 17.0. The Bertz CT molecular complexity index is 950. The van der Waals surface area contributed by atoms with Gasteiger partial charge in [0.25, 0.3) is 11.8 Å². The average molecular weight is 409 g/mol. The van der Waals surface area contributed by atoms with Crippen LogP contribution in [-0.2, 0) is 19.1 Å². The van der Waals surface area contributed by atoms with Crippen LogP contribution in [0, 0.1) is 0 Å². The lowest BCUT2D eigenvalue weighted by atomic mass is 10.2. The van der Waals surface area contributed by atoms with E-state index in [1.165, 1.54) is 17.9 Å². The first-order valence-electron chi connectivity index (χ1n) is 9.09. The zero-order chi connectivity index (χ0) is 22.1. The van der Waals surface area contributed by atoms with Crippen molar-refractivity contribution < 1.29 is 23.9 Å². The summed E-state index contributed by atoms with van der Waals surface area (Å²) in [5, 5.41) is 4.98. The third-order valence-electron chi connectivity index (χ3n) is 3.80. The molecule has 156 valence electrons. The Morgan fingerprint density at radius 1 is 0.967 bits per heavy atom. The van der Waals surface area contributed by atoms with Gasteiger partial charge in [0.15, 0.2) is 6.61 Å². The molecule has 0 fully saturated rings. The molecule has 3 amide bonds. The molecule has 0 saturated heterocycles. The number of carbonyl (C=O) groups is 4. The molecule has 8 nitrogen and oxygen atoms in total. The normalized spacial score (nSPS) is 10.7. The van der Waals surface area contributed by atoms with Gasteiger partial charge in [-0.15, -0.1) is 0 Å². The van der Waals surface area contributed by atoms with Crippen LogP contribution in [0.25, 0.3) is 6.08 Å². The number of hydrogen-bond donors (Lipinski definition) is 2. The molecule has 0 aliphatic heterocycles. The fourth-order valence-corrected chi connectivity index (χ4v) is 2.41. The summed E-state index contributed by atoms with van der Waals surface area (Å²) < 4.78 is 5.01. The predicted octanol–water partition coefficient (Wildman–Crippen LogP) is 2.05. The van der Waals surface area contributed by atoms with E-state index in [0.717, 1.165) is 0 Å². The van der Waals surface area contributed by atoms with Gasteiger partial charge in [0, 0.05) is 32.3 Å². The molecule has 0 bridgehead atoms. The summed E-state index contributed by atoms with van der Waals surface area (Å²) in [5.74, 6) is -1.99. The van der Waals surface area contributed by atoms with Gasteiger partial charge in [-0.2, -0.15) is 0 Å². The summed E-state index contributed by atoms with van der Waals surface area (Å²) in [6.45, 7) is 0.729. The second kappa shape index (κ2) is 10.6. The number of anilines is 1. The van der Waals surface area contributed by atoms with Gasteiger partial charge in [-0.3, -0.25) is 14.4 Å². The Kier molecular flexibility index (Phi) is 7.87. The van der Waals surface area contributed by atoms with Crippen molar-refractivity contribution >= 4 is 35.5 Å². The second-order valence-electron chi connectivity index (χ2n) is 6.55. The summed E-state index contributed by atoms with van der Waals surface area (Å²) in [6, 6.07) is 15.2. The standard InChI is InChI=1S/C22H23N3O5/c1-15(26)23-19(13-16-7-5-4-6-8-16)22(29)30-14-20(27)24-18-11-9-17(10-12-18)21(28)25(2)3/h4-13H,14H2,1-3H3,(H,23,26)(H,24,27)/b19-13-. The molecule has 8 heteroatoms. The number of esters is 1. The molecule has 0 spiro atoms. The van der Waals surface area contributed by atoms with Crippen LogP contribution < -0.4 is 10.6 Å². The van der Waals surface area contributed by atoms with Crippen LogP contribution in [0.5, 0.6) is 0 Å². The Hall–Kier alpha value is -3.94. The van der Waals surface area contributed by atoms with Crippen LogP contribution in [0.3, 0.4) is 0 Å². The lowest BCUT2D eigenvalue weighted by molar-refractivity contribution is -0.144. The van der Waals surface area contributed by atoms with Crippen LogP contribution in [0.1, 0.15) is 22.8 Å². The number of benzene rings is 2. The summed E-state index contributed by atoms with van der Waals surface area (Å²) in [5.41, 5.74) is 1.55. The van der Waals surface area contributed by atoms with E-state index < -0.39 is 24.4 Å². The summed E-state index contributed by atoms with van der Waals surface area (Å²) in [7, 11) is 3.29. The van der Waals surface area contributed by atoms with E-state index in [2.05, 4.69) is 10.6 Å². The van der Waals surface area contributed by atoms with E-state index in [-0.39, 0.29) is 11.6 Å². The number of carbonyl (C=O) groups excluding carboxylic acids is 4. The van der Waals surface area contributed by atoms with Crippen molar-refractivity contribution in [3.8, 4) is 0 Å². The van der Waals surface area contributed by atoms with Crippen molar-refractivity contribution in [3.63, 3.8) is 0 Å². The van der Waals surface area contributed by atoms with Gasteiger partial charge in [0.2, 0.25) is 5.91 Å². The maximum Gasteiger partial charge on any atom is 0.355 e. The minimum atomic E-state index is -0.837. The number of ether oxygens (including phenoxy) is 1. The summed E-state index contributed by atoms with van der Waals surface area (Å²) in [6.07, 6.45) is 1.46. The minimum absolute atomic E-state index is 0.0759. The Morgan fingerprint density at radius 3 is 2.17 bits per heavy atom. The SMILES string of the molecule is CC(=O)N/C(=C\c1ccccc1)C(=O)OCC(=O)Nc1ccc(C(=O)N(C)C)cc1. The summed E-state index contributed by atoms with van der Waals surface area (Å²) in [4.78, 5) is 49.1. The lowest BCUT2D eigenvalue weighted by Gasteiger charge is -2.11. The fourth-order valence-electron chi connectivity index (χ4n) is 2.41. The maximum absolute atomic E-state index is 12.3. The first kappa shape index (κ1) is 22.4. The molecule has 0 atom stereocenters. The van der Waals surface area contributed by atoms with Crippen LogP contribution in [0.15, 0.2) is 60.3 Å². The third-order valence-corrected chi connectivity index (χ3v) is 3.80. The average Bonchev–Trinajstić information content (AvgIpc) is 2.72. The van der Waals surface area contributed by atoms with Crippen molar-refractivity contribution in [2.75, 3.05) is 26.0 Å². The van der Waals surface area contributed by atoms with Crippen molar-refractivity contribution in [2.24, 2.45) is 0 Å². The molecule has 0 aromatic heterocycles. The lowest BCUT2D eigenvalue weighted by Crippen LogP contribution is -2.28. The van der Waals surface area contributed by atoms with E-state index in [1.807, 2.05) is 6.07 Å². The first-order chi connectivity index (χ1) is 14.3. The Morgan fingerprint density at radius 2 is 1.60 bits per heavy atom. The number of nitrogens with zero attached hydrogens (tertiary/aromatic N) is 1. The topological polar surface area (TPSA) is 105 Å². The third kappa shape index (κ3) is 6.90. The van der Waals surface area contributed by atoms with E-state index in [9.17, 15) is 19.2 Å². The molecule has 2 N–H and O–H groups in total. The van der Waals surface area contributed by atoms with Crippen LogP contribution in [0.2, 0.25) is 0 Å². The molecular weight excluding hydrogens is 386 g/mol. The molecule has 2 rings (SSSR count). The van der Waals surface area contributed by atoms with E-state index in [0.29, 0.717) is 16.8 Å². The first-order valence-corrected chi connectivity index (χ1v) is 9.09. The van der Waals surface area contributed by atoms with Gasteiger partial charge in [-0.05, 0) is 35.9 Å². The zero-order valence-electron chi connectivity index (χ0n) is 17.0. The highest BCUT2D eigenvalue weighted by molar-refractivity contribution is 6.00. The van der Waals surface area contributed by atoms with Gasteiger partial charge in [-0.25, -0.2) is 4.79 Å². The smallest absolute Gasteiger partial charge is 0.355 e. The second-order valence-corrected chi connectivity index (χ2v) is 6.55. The van der Waals surface area contributed by atoms with E-state index in [1.54, 1.807) is 62.6 Å². The molecule has 0 radical (unpaired) electrons. The number of hydrogen-bond acceptors (Lipinski definition) is 5. The Labute approximate surface area is 174 Å². The van der Waals surface area contributed by atoms with Crippen molar-refractivity contribution in [3.05, 3.63) is 71.4 Å². The molecule has 0 unspecified atom stereocenters. The van der Waals surface area contributed by atoms with Crippen LogP contribution in [-0.4, -0.2) is 49.3 Å².